The Morgan fingerprint density at radius 3 is 2.38 bits per heavy atom. The lowest BCUT2D eigenvalue weighted by molar-refractivity contribution is -0.138. The van der Waals surface area contributed by atoms with Gasteiger partial charge in [-0.05, 0) is 91.6 Å². The molecule has 0 aliphatic carbocycles. The van der Waals surface area contributed by atoms with E-state index in [2.05, 4.69) is 44.1 Å². The minimum absolute atomic E-state index is 0.0568. The van der Waals surface area contributed by atoms with Gasteiger partial charge in [-0.15, -0.1) is 0 Å². The smallest absolute Gasteiger partial charge is 0.293 e. The van der Waals surface area contributed by atoms with E-state index in [9.17, 15) is 17.6 Å². The number of hydrogen-bond acceptors (Lipinski definition) is 9. The Morgan fingerprint density at radius 2 is 1.89 bits per heavy atom. The van der Waals surface area contributed by atoms with Crippen LogP contribution in [0.15, 0.2) is 29.4 Å². The number of carbonyl (C=O) groups is 1. The third kappa shape index (κ3) is 9.55. The third-order valence-corrected chi connectivity index (χ3v) is 7.00. The number of nitrogens with one attached hydrogen (secondary N) is 2. The SMILES string of the molecule is CC(C)(C)OC=O.Cc1c(Nc2ccc(S(C)(=O)=O)cc2F)ncnc1N(CC1CCNCC1)C(C)C. The third-order valence-electron chi connectivity index (χ3n) is 5.89. The molecule has 0 unspecified atom stereocenters. The van der Waals surface area contributed by atoms with E-state index in [1.165, 1.54) is 18.5 Å². The summed E-state index contributed by atoms with van der Waals surface area (Å²) in [7, 11) is -3.47. The van der Waals surface area contributed by atoms with Crippen molar-refractivity contribution >= 4 is 33.6 Å². The number of hydrogen-bond donors (Lipinski definition) is 2. The number of aromatic nitrogens is 2. The van der Waals surface area contributed by atoms with Gasteiger partial charge in [0.2, 0.25) is 0 Å². The second-order valence-corrected chi connectivity index (χ2v) is 12.5. The lowest BCUT2D eigenvalue weighted by Crippen LogP contribution is -2.40. The summed E-state index contributed by atoms with van der Waals surface area (Å²) in [6, 6.07) is 4.08. The van der Waals surface area contributed by atoms with Gasteiger partial charge in [0.05, 0.1) is 10.6 Å². The maximum Gasteiger partial charge on any atom is 0.293 e. The van der Waals surface area contributed by atoms with Crippen LogP contribution in [0.25, 0.3) is 0 Å². The molecule has 206 valence electrons. The Labute approximate surface area is 220 Å². The molecule has 2 N–H and O–H groups in total. The van der Waals surface area contributed by atoms with E-state index in [0.29, 0.717) is 18.2 Å². The first-order valence-electron chi connectivity index (χ1n) is 12.4. The van der Waals surface area contributed by atoms with Crippen molar-refractivity contribution < 1.29 is 22.3 Å². The number of ether oxygens (including phenoxy) is 1. The number of carbonyl (C=O) groups excluding carboxylic acids is 1. The van der Waals surface area contributed by atoms with Crippen LogP contribution in [0, 0.1) is 18.7 Å². The molecule has 1 aromatic carbocycles. The Bertz CT molecular complexity index is 1150. The molecule has 11 heteroatoms. The van der Waals surface area contributed by atoms with Crippen molar-refractivity contribution in [2.75, 3.05) is 36.1 Å². The van der Waals surface area contributed by atoms with Crippen LogP contribution in [0.5, 0.6) is 0 Å². The van der Waals surface area contributed by atoms with Gasteiger partial charge in [0.15, 0.2) is 9.84 Å². The highest BCUT2D eigenvalue weighted by molar-refractivity contribution is 7.90. The number of nitrogens with zero attached hydrogens (tertiary/aromatic N) is 3. The molecule has 9 nitrogen and oxygen atoms in total. The Morgan fingerprint density at radius 1 is 1.24 bits per heavy atom. The molecule has 1 aromatic heterocycles. The minimum atomic E-state index is -3.47. The average Bonchev–Trinajstić information content (AvgIpc) is 2.80. The molecule has 0 bridgehead atoms. The van der Waals surface area contributed by atoms with Gasteiger partial charge in [0.25, 0.3) is 6.47 Å². The van der Waals surface area contributed by atoms with Crippen LogP contribution >= 0.6 is 0 Å². The fourth-order valence-corrected chi connectivity index (χ4v) is 4.47. The van der Waals surface area contributed by atoms with E-state index >= 15 is 0 Å². The standard InChI is InChI=1S/C21H30FN5O2S.C5H10O2/c1-14(2)27(12-16-7-9-23-10-8-16)21-15(3)20(24-13-25-21)26-19-6-5-17(11-18(19)22)30(4,28)29;1-5(2,3)7-4-6/h5-6,11,13-14,16,23H,7-10,12H2,1-4H3,(H,24,25,26);4H,1-3H3. The Hall–Kier alpha value is -2.79. The molecule has 0 atom stereocenters. The maximum atomic E-state index is 14.5. The highest BCUT2D eigenvalue weighted by atomic mass is 32.2. The van der Waals surface area contributed by atoms with Crippen LogP contribution in [-0.4, -0.2) is 62.4 Å². The van der Waals surface area contributed by atoms with E-state index in [4.69, 9.17) is 0 Å². The molecule has 2 aromatic rings. The average molecular weight is 538 g/mol. The van der Waals surface area contributed by atoms with Crippen molar-refractivity contribution in [3.63, 3.8) is 0 Å². The van der Waals surface area contributed by atoms with Crippen LogP contribution in [0.4, 0.5) is 21.7 Å². The van der Waals surface area contributed by atoms with E-state index < -0.39 is 15.7 Å². The van der Waals surface area contributed by atoms with Crippen molar-refractivity contribution in [1.29, 1.82) is 0 Å². The number of halogens is 1. The number of rotatable bonds is 8. The maximum absolute atomic E-state index is 14.5. The largest absolute Gasteiger partial charge is 0.462 e. The summed E-state index contributed by atoms with van der Waals surface area (Å²) < 4.78 is 42.3. The van der Waals surface area contributed by atoms with Crippen LogP contribution < -0.4 is 15.5 Å². The van der Waals surface area contributed by atoms with Gasteiger partial charge >= 0.3 is 0 Å². The number of benzene rings is 1. The summed E-state index contributed by atoms with van der Waals surface area (Å²) in [4.78, 5) is 20.6. The van der Waals surface area contributed by atoms with Crippen LogP contribution in [0.2, 0.25) is 0 Å². The monoisotopic (exact) mass is 537 g/mol. The second-order valence-electron chi connectivity index (χ2n) is 10.5. The molecule has 37 heavy (non-hydrogen) atoms. The van der Waals surface area contributed by atoms with E-state index in [-0.39, 0.29) is 22.2 Å². The first kappa shape index (κ1) is 30.4. The molecular formula is C26H40FN5O4S. The van der Waals surface area contributed by atoms with Crippen LogP contribution in [0.1, 0.15) is 53.0 Å². The summed E-state index contributed by atoms with van der Waals surface area (Å²) in [6.07, 6.45) is 4.80. The predicted molar refractivity (Wildman–Crippen MR) is 145 cm³/mol. The number of piperidine rings is 1. The zero-order chi connectivity index (χ0) is 27.8. The highest BCUT2D eigenvalue weighted by Gasteiger charge is 2.23. The van der Waals surface area contributed by atoms with E-state index in [1.807, 2.05) is 27.7 Å². The normalized spacial score (nSPS) is 14.5. The van der Waals surface area contributed by atoms with Crippen LogP contribution in [0.3, 0.4) is 0 Å². The van der Waals surface area contributed by atoms with Gasteiger partial charge in [-0.2, -0.15) is 0 Å². The Kier molecular flexibility index (Phi) is 10.8. The Balaban J connectivity index is 0.000000604. The zero-order valence-electron chi connectivity index (χ0n) is 22.8. The van der Waals surface area contributed by atoms with Crippen molar-refractivity contribution in [3.8, 4) is 0 Å². The molecule has 0 radical (unpaired) electrons. The fourth-order valence-electron chi connectivity index (χ4n) is 3.84. The van der Waals surface area contributed by atoms with Crippen molar-refractivity contribution in [2.24, 2.45) is 5.92 Å². The van der Waals surface area contributed by atoms with Gasteiger partial charge in [-0.1, -0.05) is 0 Å². The topological polar surface area (TPSA) is 114 Å². The van der Waals surface area contributed by atoms with Gasteiger partial charge in [0.1, 0.15) is 29.4 Å². The predicted octanol–water partition coefficient (Wildman–Crippen LogP) is 4.24. The van der Waals surface area contributed by atoms with E-state index in [1.54, 1.807) is 0 Å². The molecule has 0 spiro atoms. The van der Waals surface area contributed by atoms with Gasteiger partial charge in [0, 0.05) is 24.4 Å². The number of sulfone groups is 1. The van der Waals surface area contributed by atoms with Crippen molar-refractivity contribution in [2.45, 2.75) is 70.9 Å². The van der Waals surface area contributed by atoms with Gasteiger partial charge in [-0.3, -0.25) is 4.79 Å². The highest BCUT2D eigenvalue weighted by Crippen LogP contribution is 2.29. The lowest BCUT2D eigenvalue weighted by Gasteiger charge is -2.34. The van der Waals surface area contributed by atoms with Gasteiger partial charge < -0.3 is 20.3 Å². The van der Waals surface area contributed by atoms with Crippen LogP contribution in [-0.2, 0) is 19.4 Å². The summed E-state index contributed by atoms with van der Waals surface area (Å²) in [5, 5.41) is 6.40. The minimum Gasteiger partial charge on any atom is -0.462 e. The molecule has 0 saturated carbocycles. The molecule has 3 rings (SSSR count). The zero-order valence-corrected chi connectivity index (χ0v) is 23.7. The molecule has 1 saturated heterocycles. The van der Waals surface area contributed by atoms with E-state index in [0.717, 1.165) is 56.2 Å². The molecule has 1 aliphatic rings. The number of anilines is 3. The first-order valence-corrected chi connectivity index (χ1v) is 14.3. The summed E-state index contributed by atoms with van der Waals surface area (Å²) in [5.41, 5.74) is 0.679. The fraction of sp³-hybridized carbons (Fsp3) is 0.577. The summed E-state index contributed by atoms with van der Waals surface area (Å²) in [6.45, 7) is 15.1. The molecule has 2 heterocycles. The molecule has 1 aliphatic heterocycles. The molecular weight excluding hydrogens is 497 g/mol. The molecule has 0 amide bonds. The van der Waals surface area contributed by atoms with Crippen molar-refractivity contribution in [1.82, 2.24) is 15.3 Å². The first-order chi connectivity index (χ1) is 17.2. The lowest BCUT2D eigenvalue weighted by atomic mass is 9.97. The van der Waals surface area contributed by atoms with Crippen molar-refractivity contribution in [3.05, 3.63) is 35.9 Å². The second kappa shape index (κ2) is 13.1. The quantitative estimate of drug-likeness (QED) is 0.477. The summed E-state index contributed by atoms with van der Waals surface area (Å²) >= 11 is 0. The summed E-state index contributed by atoms with van der Waals surface area (Å²) in [5.74, 6) is 1.28. The molecule has 1 fully saturated rings. The van der Waals surface area contributed by atoms with Gasteiger partial charge in [-0.25, -0.2) is 22.8 Å².